The topological polar surface area (TPSA) is 21.3 Å². The SMILES string of the molecule is CCCC(C)OCCC(C)NCC. The first kappa shape index (κ1) is 12.9. The zero-order chi connectivity index (χ0) is 10.1. The van der Waals surface area contributed by atoms with E-state index in [4.69, 9.17) is 4.74 Å². The zero-order valence-corrected chi connectivity index (χ0v) is 9.60. The standard InChI is InChI=1S/C11H25NO/c1-5-7-11(4)13-9-8-10(3)12-6-2/h10-12H,5-9H2,1-4H3. The molecule has 0 bridgehead atoms. The third-order valence-corrected chi connectivity index (χ3v) is 2.20. The molecule has 0 saturated carbocycles. The summed E-state index contributed by atoms with van der Waals surface area (Å²) in [5, 5.41) is 3.37. The Labute approximate surface area is 83.1 Å². The van der Waals surface area contributed by atoms with Crippen LogP contribution in [0.1, 0.15) is 47.0 Å². The molecule has 0 aliphatic carbocycles. The number of hydrogen-bond acceptors (Lipinski definition) is 2. The normalized spacial score (nSPS) is 15.7. The molecule has 2 nitrogen and oxygen atoms in total. The van der Waals surface area contributed by atoms with Gasteiger partial charge in [-0.15, -0.1) is 0 Å². The van der Waals surface area contributed by atoms with Crippen molar-refractivity contribution in [3.8, 4) is 0 Å². The van der Waals surface area contributed by atoms with Gasteiger partial charge < -0.3 is 10.1 Å². The summed E-state index contributed by atoms with van der Waals surface area (Å²) >= 11 is 0. The fourth-order valence-corrected chi connectivity index (χ4v) is 1.39. The highest BCUT2D eigenvalue weighted by Crippen LogP contribution is 2.02. The third kappa shape index (κ3) is 8.26. The predicted octanol–water partition coefficient (Wildman–Crippen LogP) is 2.58. The summed E-state index contributed by atoms with van der Waals surface area (Å²) < 4.78 is 5.66. The quantitative estimate of drug-likeness (QED) is 0.630. The molecule has 0 rings (SSSR count). The lowest BCUT2D eigenvalue weighted by Gasteiger charge is -2.15. The molecule has 0 saturated heterocycles. The average Bonchev–Trinajstić information content (AvgIpc) is 2.05. The van der Waals surface area contributed by atoms with Crippen LogP contribution in [0.15, 0.2) is 0 Å². The van der Waals surface area contributed by atoms with E-state index >= 15 is 0 Å². The molecule has 2 atom stereocenters. The van der Waals surface area contributed by atoms with Crippen molar-refractivity contribution in [3.63, 3.8) is 0 Å². The molecule has 0 radical (unpaired) electrons. The molecule has 0 fully saturated rings. The molecular formula is C11H25NO. The van der Waals surface area contributed by atoms with Crippen molar-refractivity contribution < 1.29 is 4.74 Å². The second-order valence-electron chi connectivity index (χ2n) is 3.72. The average molecular weight is 187 g/mol. The number of rotatable bonds is 8. The maximum absolute atomic E-state index is 5.66. The molecule has 1 N–H and O–H groups in total. The molecule has 0 heterocycles. The fourth-order valence-electron chi connectivity index (χ4n) is 1.39. The maximum atomic E-state index is 5.66. The molecule has 0 aromatic rings. The summed E-state index contributed by atoms with van der Waals surface area (Å²) in [7, 11) is 0. The van der Waals surface area contributed by atoms with Gasteiger partial charge in [0, 0.05) is 12.6 Å². The lowest BCUT2D eigenvalue weighted by atomic mass is 10.2. The molecule has 80 valence electrons. The fraction of sp³-hybridized carbons (Fsp3) is 1.00. The van der Waals surface area contributed by atoms with Gasteiger partial charge in [0.1, 0.15) is 0 Å². The van der Waals surface area contributed by atoms with Crippen molar-refractivity contribution >= 4 is 0 Å². The van der Waals surface area contributed by atoms with Gasteiger partial charge >= 0.3 is 0 Å². The smallest absolute Gasteiger partial charge is 0.0546 e. The molecule has 2 heteroatoms. The molecule has 2 unspecified atom stereocenters. The molecule has 0 aromatic carbocycles. The zero-order valence-electron chi connectivity index (χ0n) is 9.60. The van der Waals surface area contributed by atoms with Gasteiger partial charge in [0.15, 0.2) is 0 Å². The number of ether oxygens (including phenoxy) is 1. The van der Waals surface area contributed by atoms with Crippen LogP contribution in [0.5, 0.6) is 0 Å². The van der Waals surface area contributed by atoms with Crippen molar-refractivity contribution in [3.05, 3.63) is 0 Å². The molecule has 0 aliphatic heterocycles. The van der Waals surface area contributed by atoms with Crippen LogP contribution in [-0.2, 0) is 4.74 Å². The highest BCUT2D eigenvalue weighted by molar-refractivity contribution is 4.58. The van der Waals surface area contributed by atoms with E-state index in [0.717, 1.165) is 19.6 Å². The highest BCUT2D eigenvalue weighted by Gasteiger charge is 2.02. The first-order valence-electron chi connectivity index (χ1n) is 5.55. The van der Waals surface area contributed by atoms with Crippen molar-refractivity contribution in [1.82, 2.24) is 5.32 Å². The first-order chi connectivity index (χ1) is 6.20. The van der Waals surface area contributed by atoms with Gasteiger partial charge in [0.05, 0.1) is 6.10 Å². The maximum Gasteiger partial charge on any atom is 0.0546 e. The van der Waals surface area contributed by atoms with E-state index in [1.165, 1.54) is 12.8 Å². The van der Waals surface area contributed by atoms with Gasteiger partial charge in [-0.2, -0.15) is 0 Å². The van der Waals surface area contributed by atoms with Crippen molar-refractivity contribution in [2.45, 2.75) is 59.1 Å². The lowest BCUT2D eigenvalue weighted by molar-refractivity contribution is 0.0544. The van der Waals surface area contributed by atoms with Crippen LogP contribution in [0.2, 0.25) is 0 Å². The van der Waals surface area contributed by atoms with Crippen LogP contribution in [0.25, 0.3) is 0 Å². The van der Waals surface area contributed by atoms with E-state index in [9.17, 15) is 0 Å². The van der Waals surface area contributed by atoms with Gasteiger partial charge in [-0.25, -0.2) is 0 Å². The van der Waals surface area contributed by atoms with Crippen molar-refractivity contribution in [1.29, 1.82) is 0 Å². The third-order valence-electron chi connectivity index (χ3n) is 2.20. The Morgan fingerprint density at radius 2 is 1.85 bits per heavy atom. The van der Waals surface area contributed by atoms with Crippen LogP contribution >= 0.6 is 0 Å². The van der Waals surface area contributed by atoms with E-state index in [1.807, 2.05) is 0 Å². The summed E-state index contributed by atoms with van der Waals surface area (Å²) in [6, 6.07) is 0.582. The van der Waals surface area contributed by atoms with Crippen molar-refractivity contribution in [2.24, 2.45) is 0 Å². The van der Waals surface area contributed by atoms with Crippen LogP contribution in [-0.4, -0.2) is 25.3 Å². The predicted molar refractivity (Wildman–Crippen MR) is 58.1 cm³/mol. The summed E-state index contributed by atoms with van der Waals surface area (Å²) in [6.07, 6.45) is 3.93. The Morgan fingerprint density at radius 3 is 2.38 bits per heavy atom. The minimum absolute atomic E-state index is 0.429. The van der Waals surface area contributed by atoms with Gasteiger partial charge in [-0.05, 0) is 33.2 Å². The summed E-state index contributed by atoms with van der Waals surface area (Å²) in [4.78, 5) is 0. The van der Waals surface area contributed by atoms with Crippen LogP contribution < -0.4 is 5.32 Å². The second kappa shape index (κ2) is 8.52. The van der Waals surface area contributed by atoms with Crippen molar-refractivity contribution in [2.75, 3.05) is 13.2 Å². The number of nitrogens with one attached hydrogen (secondary N) is 1. The second-order valence-corrected chi connectivity index (χ2v) is 3.72. The van der Waals surface area contributed by atoms with Crippen LogP contribution in [0.3, 0.4) is 0 Å². The Morgan fingerprint density at radius 1 is 1.15 bits per heavy atom. The Kier molecular flexibility index (Phi) is 8.46. The van der Waals surface area contributed by atoms with E-state index < -0.39 is 0 Å². The minimum atomic E-state index is 0.429. The largest absolute Gasteiger partial charge is 0.378 e. The lowest BCUT2D eigenvalue weighted by Crippen LogP contribution is -2.27. The van der Waals surface area contributed by atoms with Gasteiger partial charge in [0.2, 0.25) is 0 Å². The molecule has 0 spiro atoms. The van der Waals surface area contributed by atoms with E-state index in [-0.39, 0.29) is 0 Å². The Bertz CT molecular complexity index is 94.3. The number of hydrogen-bond donors (Lipinski definition) is 1. The van der Waals surface area contributed by atoms with E-state index in [0.29, 0.717) is 12.1 Å². The molecule has 0 aliphatic rings. The molecular weight excluding hydrogens is 162 g/mol. The summed E-state index contributed by atoms with van der Waals surface area (Å²) in [6.45, 7) is 10.6. The minimum Gasteiger partial charge on any atom is -0.378 e. The summed E-state index contributed by atoms with van der Waals surface area (Å²) in [5.41, 5.74) is 0. The molecule has 0 amide bonds. The Balaban J connectivity index is 3.23. The van der Waals surface area contributed by atoms with Crippen LogP contribution in [0, 0.1) is 0 Å². The van der Waals surface area contributed by atoms with Gasteiger partial charge in [0.25, 0.3) is 0 Å². The summed E-state index contributed by atoms with van der Waals surface area (Å²) in [5.74, 6) is 0. The van der Waals surface area contributed by atoms with Crippen LogP contribution in [0.4, 0.5) is 0 Å². The van der Waals surface area contributed by atoms with Gasteiger partial charge in [-0.1, -0.05) is 20.3 Å². The monoisotopic (exact) mass is 187 g/mol. The van der Waals surface area contributed by atoms with E-state index in [2.05, 4.69) is 33.0 Å². The first-order valence-corrected chi connectivity index (χ1v) is 5.55. The Hall–Kier alpha value is -0.0800. The molecule has 0 aromatic heterocycles. The molecule has 13 heavy (non-hydrogen) atoms. The van der Waals surface area contributed by atoms with Gasteiger partial charge in [-0.3, -0.25) is 0 Å². The highest BCUT2D eigenvalue weighted by atomic mass is 16.5. The van der Waals surface area contributed by atoms with E-state index in [1.54, 1.807) is 0 Å².